The third kappa shape index (κ3) is 7.79. The Morgan fingerprint density at radius 3 is 2.30 bits per heavy atom. The summed E-state index contributed by atoms with van der Waals surface area (Å²) in [6.45, 7) is 8.63. The molecule has 0 radical (unpaired) electrons. The summed E-state index contributed by atoms with van der Waals surface area (Å²) in [7, 11) is 4.10. The van der Waals surface area contributed by atoms with Gasteiger partial charge in [0.2, 0.25) is 5.91 Å². The maximum atomic E-state index is 11.7. The molecule has 0 saturated carbocycles. The number of carbonyl (C=O) groups excluding carboxylic acids is 1. The molecule has 0 aromatic rings. The average molecular weight is 285 g/mol. The highest BCUT2D eigenvalue weighted by molar-refractivity contribution is 5.75. The summed E-state index contributed by atoms with van der Waals surface area (Å²) in [6, 6.07) is 0. The van der Waals surface area contributed by atoms with Crippen molar-refractivity contribution in [2.45, 2.75) is 12.8 Å². The molecule has 6 heteroatoms. The number of rotatable bonds is 9. The molecule has 20 heavy (non-hydrogen) atoms. The van der Waals surface area contributed by atoms with Gasteiger partial charge in [-0.25, -0.2) is 0 Å². The Morgan fingerprint density at radius 2 is 1.75 bits per heavy atom. The van der Waals surface area contributed by atoms with Crippen molar-refractivity contribution in [2.24, 2.45) is 5.73 Å². The molecule has 0 spiro atoms. The van der Waals surface area contributed by atoms with Gasteiger partial charge in [-0.1, -0.05) is 0 Å². The summed E-state index contributed by atoms with van der Waals surface area (Å²) in [4.78, 5) is 18.6. The van der Waals surface area contributed by atoms with Gasteiger partial charge in [-0.3, -0.25) is 9.69 Å². The van der Waals surface area contributed by atoms with E-state index in [0.717, 1.165) is 65.3 Å². The van der Waals surface area contributed by atoms with Gasteiger partial charge in [0.15, 0.2) is 0 Å². The zero-order chi connectivity index (χ0) is 14.8. The number of carbonyl (C=O) groups is 1. The second-order valence-electron chi connectivity index (χ2n) is 5.73. The molecule has 118 valence electrons. The van der Waals surface area contributed by atoms with Crippen LogP contribution in [0, 0.1) is 0 Å². The molecule has 1 aliphatic heterocycles. The third-order valence-corrected chi connectivity index (χ3v) is 3.67. The van der Waals surface area contributed by atoms with Crippen LogP contribution in [0.3, 0.4) is 0 Å². The smallest absolute Gasteiger partial charge is 0.221 e. The highest BCUT2D eigenvalue weighted by Gasteiger charge is 2.16. The molecular weight excluding hydrogens is 254 g/mol. The summed E-state index contributed by atoms with van der Waals surface area (Å²) >= 11 is 0. The van der Waals surface area contributed by atoms with Gasteiger partial charge in [0.25, 0.3) is 0 Å². The van der Waals surface area contributed by atoms with Crippen LogP contribution in [0.5, 0.6) is 0 Å². The highest BCUT2D eigenvalue weighted by atomic mass is 16.1. The largest absolute Gasteiger partial charge is 0.356 e. The number of piperazine rings is 1. The zero-order valence-electron chi connectivity index (χ0n) is 13.1. The molecule has 1 fully saturated rings. The Hall–Kier alpha value is -0.690. The molecule has 0 aliphatic carbocycles. The van der Waals surface area contributed by atoms with Crippen LogP contribution in [0.4, 0.5) is 0 Å². The van der Waals surface area contributed by atoms with Gasteiger partial charge < -0.3 is 20.9 Å². The fourth-order valence-corrected chi connectivity index (χ4v) is 2.39. The van der Waals surface area contributed by atoms with E-state index in [4.69, 9.17) is 5.73 Å². The molecule has 1 aliphatic rings. The number of hydrogen-bond acceptors (Lipinski definition) is 5. The Labute approximate surface area is 123 Å². The standard InChI is InChI=1S/C14H31N5O/c1-17(2)7-3-6-16-14(20)4-8-18-10-12-19(9-5-15)13-11-18/h3-13,15H2,1-2H3,(H,16,20). The molecule has 1 saturated heterocycles. The van der Waals surface area contributed by atoms with Crippen molar-refractivity contribution in [1.29, 1.82) is 0 Å². The molecule has 0 unspecified atom stereocenters. The molecule has 3 N–H and O–H groups in total. The van der Waals surface area contributed by atoms with Crippen LogP contribution in [0.2, 0.25) is 0 Å². The molecule has 0 bridgehead atoms. The number of amides is 1. The van der Waals surface area contributed by atoms with Crippen molar-refractivity contribution in [2.75, 3.05) is 73.0 Å². The van der Waals surface area contributed by atoms with Crippen LogP contribution in [-0.2, 0) is 4.79 Å². The van der Waals surface area contributed by atoms with Crippen molar-refractivity contribution in [3.05, 3.63) is 0 Å². The SMILES string of the molecule is CN(C)CCCNC(=O)CCN1CCN(CCN)CC1. The minimum atomic E-state index is 0.174. The van der Waals surface area contributed by atoms with E-state index in [-0.39, 0.29) is 5.91 Å². The van der Waals surface area contributed by atoms with Crippen molar-refractivity contribution in [3.8, 4) is 0 Å². The number of hydrogen-bond donors (Lipinski definition) is 2. The van der Waals surface area contributed by atoms with Gasteiger partial charge >= 0.3 is 0 Å². The maximum Gasteiger partial charge on any atom is 0.221 e. The van der Waals surface area contributed by atoms with E-state index in [0.29, 0.717) is 6.42 Å². The average Bonchev–Trinajstić information content (AvgIpc) is 2.43. The van der Waals surface area contributed by atoms with Crippen molar-refractivity contribution < 1.29 is 4.79 Å². The van der Waals surface area contributed by atoms with Crippen molar-refractivity contribution in [3.63, 3.8) is 0 Å². The molecule has 6 nitrogen and oxygen atoms in total. The maximum absolute atomic E-state index is 11.7. The summed E-state index contributed by atoms with van der Waals surface area (Å²) in [5.74, 6) is 0.174. The molecule has 0 aromatic heterocycles. The summed E-state index contributed by atoms with van der Waals surface area (Å²) in [6.07, 6.45) is 1.62. The topological polar surface area (TPSA) is 64.8 Å². The number of nitrogens with two attached hydrogens (primary N) is 1. The first-order chi connectivity index (χ1) is 9.61. The van der Waals surface area contributed by atoms with E-state index in [1.807, 2.05) is 14.1 Å². The Kier molecular flexibility index (Phi) is 8.77. The third-order valence-electron chi connectivity index (χ3n) is 3.67. The van der Waals surface area contributed by atoms with E-state index in [1.54, 1.807) is 0 Å². The van der Waals surface area contributed by atoms with Gasteiger partial charge in [-0.15, -0.1) is 0 Å². The van der Waals surface area contributed by atoms with Crippen LogP contribution < -0.4 is 11.1 Å². The van der Waals surface area contributed by atoms with E-state index in [1.165, 1.54) is 0 Å². The number of nitrogens with one attached hydrogen (secondary N) is 1. The summed E-state index contributed by atoms with van der Waals surface area (Å²) in [5.41, 5.74) is 5.56. The van der Waals surface area contributed by atoms with E-state index >= 15 is 0 Å². The lowest BCUT2D eigenvalue weighted by Crippen LogP contribution is -2.48. The lowest BCUT2D eigenvalue weighted by atomic mass is 10.2. The predicted octanol–water partition coefficient (Wildman–Crippen LogP) is -0.979. The van der Waals surface area contributed by atoms with Crippen LogP contribution >= 0.6 is 0 Å². The van der Waals surface area contributed by atoms with Crippen molar-refractivity contribution in [1.82, 2.24) is 20.0 Å². The van der Waals surface area contributed by atoms with Gasteiger partial charge in [-0.2, -0.15) is 0 Å². The summed E-state index contributed by atoms with van der Waals surface area (Å²) < 4.78 is 0. The molecule has 0 aromatic carbocycles. The molecular formula is C14H31N5O. The van der Waals surface area contributed by atoms with Crippen LogP contribution in [0.25, 0.3) is 0 Å². The zero-order valence-corrected chi connectivity index (χ0v) is 13.1. The monoisotopic (exact) mass is 285 g/mol. The first kappa shape index (κ1) is 17.4. The Morgan fingerprint density at radius 1 is 1.15 bits per heavy atom. The second kappa shape index (κ2) is 10.1. The van der Waals surface area contributed by atoms with E-state index in [2.05, 4.69) is 20.0 Å². The Bertz CT molecular complexity index is 264. The lowest BCUT2D eigenvalue weighted by molar-refractivity contribution is -0.121. The highest BCUT2D eigenvalue weighted by Crippen LogP contribution is 2.01. The van der Waals surface area contributed by atoms with Gasteiger partial charge in [0.1, 0.15) is 0 Å². The molecule has 1 heterocycles. The van der Waals surface area contributed by atoms with E-state index in [9.17, 15) is 4.79 Å². The number of nitrogens with zero attached hydrogens (tertiary/aromatic N) is 3. The predicted molar refractivity (Wildman–Crippen MR) is 82.7 cm³/mol. The Balaban J connectivity index is 2.01. The molecule has 1 amide bonds. The van der Waals surface area contributed by atoms with Gasteiger partial charge in [0.05, 0.1) is 0 Å². The summed E-state index contributed by atoms with van der Waals surface area (Å²) in [5, 5.41) is 2.99. The molecule has 1 rings (SSSR count). The minimum Gasteiger partial charge on any atom is -0.356 e. The van der Waals surface area contributed by atoms with Crippen molar-refractivity contribution >= 4 is 5.91 Å². The first-order valence-electron chi connectivity index (χ1n) is 7.68. The fraction of sp³-hybridized carbons (Fsp3) is 0.929. The van der Waals surface area contributed by atoms with Crippen LogP contribution in [0.15, 0.2) is 0 Å². The molecule has 0 atom stereocenters. The fourth-order valence-electron chi connectivity index (χ4n) is 2.39. The normalized spacial score (nSPS) is 17.6. The minimum absolute atomic E-state index is 0.174. The van der Waals surface area contributed by atoms with Gasteiger partial charge in [0, 0.05) is 58.8 Å². The van der Waals surface area contributed by atoms with Gasteiger partial charge in [-0.05, 0) is 27.1 Å². The lowest BCUT2D eigenvalue weighted by Gasteiger charge is -2.34. The van der Waals surface area contributed by atoms with E-state index < -0.39 is 0 Å². The second-order valence-corrected chi connectivity index (χ2v) is 5.73. The van der Waals surface area contributed by atoms with Crippen LogP contribution in [-0.4, -0.2) is 93.6 Å². The quantitative estimate of drug-likeness (QED) is 0.533. The van der Waals surface area contributed by atoms with Crippen LogP contribution in [0.1, 0.15) is 12.8 Å². The first-order valence-corrected chi connectivity index (χ1v) is 7.68.